The third kappa shape index (κ3) is 2.63. The van der Waals surface area contributed by atoms with E-state index >= 15 is 0 Å². The van der Waals surface area contributed by atoms with E-state index in [1.54, 1.807) is 6.92 Å². The standard InChI is InChI=1S/C29H35BrO4/c1-16-17-7-8-18-19(29(17,6)23(30)22(32)21(16)31)9-10-28(5)20-15-26(3,24(33)34)12-11-25(20,2)13-14-27(18,28)4/h7-10,20,23H,11-15H2,1-6H3,(H,33,34). The third-order valence-electron chi connectivity index (χ3n) is 11.1. The zero-order valence-corrected chi connectivity index (χ0v) is 22.6. The van der Waals surface area contributed by atoms with Crippen molar-refractivity contribution in [1.29, 1.82) is 0 Å². The van der Waals surface area contributed by atoms with Crippen molar-refractivity contribution in [3.05, 3.63) is 46.6 Å². The lowest BCUT2D eigenvalue weighted by atomic mass is 9.38. The third-order valence-corrected chi connectivity index (χ3v) is 12.4. The van der Waals surface area contributed by atoms with Crippen molar-refractivity contribution >= 4 is 33.5 Å². The van der Waals surface area contributed by atoms with Crippen LogP contribution in [0.5, 0.6) is 0 Å². The van der Waals surface area contributed by atoms with Gasteiger partial charge >= 0.3 is 5.97 Å². The van der Waals surface area contributed by atoms with Gasteiger partial charge < -0.3 is 5.11 Å². The van der Waals surface area contributed by atoms with Crippen LogP contribution < -0.4 is 0 Å². The van der Waals surface area contributed by atoms with Gasteiger partial charge in [-0.15, -0.1) is 0 Å². The van der Waals surface area contributed by atoms with Crippen molar-refractivity contribution in [3.63, 3.8) is 0 Å². The van der Waals surface area contributed by atoms with Crippen molar-refractivity contribution in [2.75, 3.05) is 0 Å². The molecule has 0 aromatic heterocycles. The van der Waals surface area contributed by atoms with E-state index in [2.05, 4.69) is 67.9 Å². The summed E-state index contributed by atoms with van der Waals surface area (Å²) in [7, 11) is 0. The molecule has 5 aliphatic rings. The van der Waals surface area contributed by atoms with E-state index in [-0.39, 0.29) is 27.9 Å². The van der Waals surface area contributed by atoms with Crippen LogP contribution in [0.15, 0.2) is 46.6 Å². The summed E-state index contributed by atoms with van der Waals surface area (Å²) in [5.74, 6) is -1.22. The number of hydrogen-bond donors (Lipinski definition) is 1. The molecule has 0 bridgehead atoms. The van der Waals surface area contributed by atoms with E-state index in [1.165, 1.54) is 5.57 Å². The second-order valence-electron chi connectivity index (χ2n) is 12.7. The number of allylic oxidation sites excluding steroid dienone is 8. The maximum absolute atomic E-state index is 12.9. The molecule has 182 valence electrons. The van der Waals surface area contributed by atoms with Gasteiger partial charge in [-0.05, 0) is 86.3 Å². The maximum Gasteiger partial charge on any atom is 0.309 e. The number of alkyl halides is 1. The fourth-order valence-corrected chi connectivity index (χ4v) is 8.91. The van der Waals surface area contributed by atoms with E-state index < -0.39 is 27.4 Å². The Balaban J connectivity index is 1.67. The van der Waals surface area contributed by atoms with Crippen LogP contribution in [0.2, 0.25) is 0 Å². The quantitative estimate of drug-likeness (QED) is 0.318. The average molecular weight is 527 g/mol. The minimum absolute atomic E-state index is 0.112. The van der Waals surface area contributed by atoms with Crippen LogP contribution in [0.3, 0.4) is 0 Å². The fraction of sp³-hybridized carbons (Fsp3) is 0.621. The maximum atomic E-state index is 12.9. The van der Waals surface area contributed by atoms with Crippen LogP contribution in [0.25, 0.3) is 0 Å². The number of carboxylic acids is 1. The summed E-state index contributed by atoms with van der Waals surface area (Å²) in [6.45, 7) is 12.8. The molecular formula is C29H35BrO4. The summed E-state index contributed by atoms with van der Waals surface area (Å²) in [4.78, 5) is 37.1. The summed E-state index contributed by atoms with van der Waals surface area (Å²) in [5, 5.41) is 10.1. The summed E-state index contributed by atoms with van der Waals surface area (Å²) in [6, 6.07) is 0. The second kappa shape index (κ2) is 6.93. The molecule has 5 aliphatic carbocycles. The SMILES string of the molecule is CC1=C2C=CC3=C(C=CC4(C)C5CC(C)(C(=O)O)CCC5(C)CCC34C)C2(C)C(Br)C(=O)C1=O. The molecule has 0 aromatic rings. The van der Waals surface area contributed by atoms with E-state index in [1.807, 2.05) is 6.92 Å². The van der Waals surface area contributed by atoms with Gasteiger partial charge in [0.1, 0.15) is 0 Å². The highest BCUT2D eigenvalue weighted by molar-refractivity contribution is 9.10. The van der Waals surface area contributed by atoms with Crippen molar-refractivity contribution in [3.8, 4) is 0 Å². The largest absolute Gasteiger partial charge is 0.481 e. The predicted molar refractivity (Wildman–Crippen MR) is 135 cm³/mol. The van der Waals surface area contributed by atoms with Crippen molar-refractivity contribution < 1.29 is 19.5 Å². The normalized spacial score (nSPS) is 47.7. The van der Waals surface area contributed by atoms with E-state index in [9.17, 15) is 19.5 Å². The zero-order valence-electron chi connectivity index (χ0n) is 21.0. The predicted octanol–water partition coefficient (Wildman–Crippen LogP) is 6.36. The van der Waals surface area contributed by atoms with Crippen LogP contribution in [0, 0.1) is 33.0 Å². The lowest BCUT2D eigenvalue weighted by Gasteiger charge is -2.66. The van der Waals surface area contributed by atoms with E-state index in [4.69, 9.17) is 0 Å². The number of carbonyl (C=O) groups is 3. The van der Waals surface area contributed by atoms with Gasteiger partial charge in [-0.25, -0.2) is 0 Å². The first-order valence-corrected chi connectivity index (χ1v) is 13.4. The van der Waals surface area contributed by atoms with Crippen molar-refractivity contribution in [2.45, 2.75) is 78.5 Å². The number of hydrogen-bond acceptors (Lipinski definition) is 3. The molecular weight excluding hydrogens is 492 g/mol. The minimum Gasteiger partial charge on any atom is -0.481 e. The topological polar surface area (TPSA) is 71.4 Å². The average Bonchev–Trinajstić information content (AvgIpc) is 2.79. The molecule has 0 aromatic carbocycles. The Morgan fingerprint density at radius 3 is 2.21 bits per heavy atom. The minimum atomic E-state index is -0.702. The lowest BCUT2D eigenvalue weighted by molar-refractivity contribution is -0.163. The molecule has 4 nitrogen and oxygen atoms in total. The van der Waals surface area contributed by atoms with Crippen LogP contribution >= 0.6 is 15.9 Å². The van der Waals surface area contributed by atoms with Crippen molar-refractivity contribution in [2.24, 2.45) is 33.0 Å². The number of halogens is 1. The zero-order chi connectivity index (χ0) is 25.1. The number of aliphatic carboxylic acids is 1. The lowest BCUT2D eigenvalue weighted by Crippen LogP contribution is -2.59. The van der Waals surface area contributed by atoms with E-state index in [0.717, 1.165) is 36.8 Å². The molecule has 0 spiro atoms. The van der Waals surface area contributed by atoms with Gasteiger partial charge in [0.15, 0.2) is 0 Å². The van der Waals surface area contributed by atoms with Crippen LogP contribution in [0.1, 0.15) is 73.6 Å². The first-order valence-electron chi connectivity index (χ1n) is 12.5. The molecule has 2 fully saturated rings. The highest BCUT2D eigenvalue weighted by Crippen LogP contribution is 2.72. The summed E-state index contributed by atoms with van der Waals surface area (Å²) < 4.78 is 0. The molecule has 7 unspecified atom stereocenters. The van der Waals surface area contributed by atoms with Gasteiger partial charge in [0.25, 0.3) is 0 Å². The Bertz CT molecular complexity index is 1170. The second-order valence-corrected chi connectivity index (χ2v) is 13.6. The molecule has 0 radical (unpaired) electrons. The molecule has 7 atom stereocenters. The number of Topliss-reactive ketones (excluding diaryl/α,β-unsaturated/α-hetero) is 2. The smallest absolute Gasteiger partial charge is 0.309 e. The Kier molecular flexibility index (Phi) is 4.88. The number of rotatable bonds is 1. The molecule has 0 saturated heterocycles. The summed E-state index contributed by atoms with van der Waals surface area (Å²) >= 11 is 3.62. The Hall–Kier alpha value is -1.75. The van der Waals surface area contributed by atoms with Crippen LogP contribution in [0.4, 0.5) is 0 Å². The molecule has 0 heterocycles. The highest BCUT2D eigenvalue weighted by atomic mass is 79.9. The fourth-order valence-electron chi connectivity index (χ4n) is 8.21. The number of carbonyl (C=O) groups excluding carboxylic acids is 2. The van der Waals surface area contributed by atoms with Gasteiger partial charge in [0.05, 0.1) is 10.2 Å². The van der Waals surface area contributed by atoms with Gasteiger partial charge in [0, 0.05) is 16.4 Å². The number of carboxylic acid groups (broad SMARTS) is 1. The molecule has 5 heteroatoms. The van der Waals surface area contributed by atoms with E-state index in [0.29, 0.717) is 12.0 Å². The van der Waals surface area contributed by atoms with Crippen LogP contribution in [-0.4, -0.2) is 27.5 Å². The number of ketones is 2. The molecule has 0 amide bonds. The summed E-state index contributed by atoms with van der Waals surface area (Å²) in [6.07, 6.45) is 13.2. The Morgan fingerprint density at radius 2 is 1.56 bits per heavy atom. The van der Waals surface area contributed by atoms with Gasteiger partial charge in [-0.3, -0.25) is 14.4 Å². The molecule has 2 saturated carbocycles. The Morgan fingerprint density at radius 1 is 0.941 bits per heavy atom. The monoisotopic (exact) mass is 526 g/mol. The molecule has 0 aliphatic heterocycles. The summed E-state index contributed by atoms with van der Waals surface area (Å²) in [5.41, 5.74) is 2.23. The number of fused-ring (bicyclic) bond motifs is 6. The van der Waals surface area contributed by atoms with Crippen LogP contribution in [-0.2, 0) is 14.4 Å². The first kappa shape index (κ1) is 24.0. The first-order chi connectivity index (χ1) is 15.7. The van der Waals surface area contributed by atoms with Gasteiger partial charge in [-0.1, -0.05) is 61.0 Å². The van der Waals surface area contributed by atoms with Gasteiger partial charge in [0.2, 0.25) is 11.6 Å². The Labute approximate surface area is 210 Å². The van der Waals surface area contributed by atoms with Gasteiger partial charge in [-0.2, -0.15) is 0 Å². The highest BCUT2D eigenvalue weighted by Gasteiger charge is 2.65. The van der Waals surface area contributed by atoms with Crippen molar-refractivity contribution in [1.82, 2.24) is 0 Å². The molecule has 1 N–H and O–H groups in total. The molecule has 34 heavy (non-hydrogen) atoms. The molecule has 5 rings (SSSR count).